The van der Waals surface area contributed by atoms with Crippen molar-refractivity contribution >= 4 is 40.5 Å². The van der Waals surface area contributed by atoms with E-state index in [1.165, 1.54) is 42.3 Å². The van der Waals surface area contributed by atoms with E-state index < -0.39 is 34.5 Å². The first-order chi connectivity index (χ1) is 20.1. The van der Waals surface area contributed by atoms with Crippen LogP contribution in [0.3, 0.4) is 0 Å². The quantitative estimate of drug-likeness (QED) is 0.190. The number of urea groups is 1. The molecule has 3 aromatic rings. The summed E-state index contributed by atoms with van der Waals surface area (Å²) < 4.78 is 19.3. The Kier molecular flexibility index (Phi) is 9.32. The summed E-state index contributed by atoms with van der Waals surface area (Å²) in [5.74, 6) is -1.84. The minimum absolute atomic E-state index is 0.00436. The molecule has 2 atom stereocenters. The van der Waals surface area contributed by atoms with E-state index in [1.807, 2.05) is 0 Å². The molecule has 220 valence electrons. The molecule has 3 aromatic carbocycles. The Hall–Kier alpha value is -5.04. The van der Waals surface area contributed by atoms with Crippen molar-refractivity contribution in [2.45, 2.75) is 31.3 Å². The monoisotopic (exact) mass is 579 g/mol. The van der Waals surface area contributed by atoms with Crippen LogP contribution in [0.2, 0.25) is 0 Å². The molecule has 4 rings (SSSR count). The number of carboxylic acid groups (broad SMARTS) is 1. The van der Waals surface area contributed by atoms with Crippen molar-refractivity contribution in [3.8, 4) is 5.75 Å². The van der Waals surface area contributed by atoms with E-state index in [4.69, 9.17) is 4.74 Å². The van der Waals surface area contributed by atoms with Gasteiger partial charge in [0.15, 0.2) is 5.78 Å². The minimum Gasteiger partial charge on any atom is -0.495 e. The Labute approximate surface area is 240 Å². The number of nitrogens with one attached hydrogen (secondary N) is 3. The summed E-state index contributed by atoms with van der Waals surface area (Å²) in [6.45, 7) is 0.686. The molecule has 1 fully saturated rings. The zero-order valence-corrected chi connectivity index (χ0v) is 22.9. The average molecular weight is 580 g/mol. The second-order valence-electron chi connectivity index (χ2n) is 9.76. The lowest BCUT2D eigenvalue weighted by Gasteiger charge is -2.33. The number of anilines is 3. The second kappa shape index (κ2) is 13.1. The summed E-state index contributed by atoms with van der Waals surface area (Å²) in [6.07, 6.45) is 1.45. The number of amides is 2. The first-order valence-electron chi connectivity index (χ1n) is 13.1. The molecule has 0 aromatic heterocycles. The van der Waals surface area contributed by atoms with Gasteiger partial charge in [-0.1, -0.05) is 18.2 Å². The lowest BCUT2D eigenvalue weighted by molar-refractivity contribution is -0.384. The number of ketones is 1. The Morgan fingerprint density at radius 2 is 1.88 bits per heavy atom. The Balaban J connectivity index is 1.55. The fourth-order valence-corrected chi connectivity index (χ4v) is 5.04. The van der Waals surface area contributed by atoms with E-state index in [1.54, 1.807) is 31.3 Å². The number of carbonyl (C=O) groups is 3. The third-order valence-electron chi connectivity index (χ3n) is 7.04. The lowest BCUT2D eigenvalue weighted by Crippen LogP contribution is -2.51. The van der Waals surface area contributed by atoms with Gasteiger partial charge in [0.25, 0.3) is 5.69 Å². The number of para-hydroxylation sites is 1. The molecule has 0 radical (unpaired) electrons. The third kappa shape index (κ3) is 6.81. The molecule has 0 aliphatic carbocycles. The summed E-state index contributed by atoms with van der Waals surface area (Å²) in [5, 5.41) is 29.4. The second-order valence-corrected chi connectivity index (χ2v) is 9.76. The van der Waals surface area contributed by atoms with E-state index in [0.29, 0.717) is 24.2 Å². The number of likely N-dealkylation sites (N-methyl/N-ethyl adjacent to an activating group) is 1. The maximum Gasteiger partial charge on any atom is 0.335 e. The van der Waals surface area contributed by atoms with Crippen LogP contribution in [-0.4, -0.2) is 60.6 Å². The van der Waals surface area contributed by atoms with Crippen LogP contribution in [-0.2, 0) is 11.2 Å². The smallest absolute Gasteiger partial charge is 0.335 e. The fraction of sp³-hybridized carbons (Fsp3) is 0.276. The number of carbonyl (C=O) groups excluding carboxylic acids is 2. The molecule has 0 spiro atoms. The van der Waals surface area contributed by atoms with Crippen LogP contribution in [0.15, 0.2) is 60.7 Å². The zero-order chi connectivity index (χ0) is 30.4. The minimum atomic E-state index is -1.30. The number of methoxy groups -OCH3 is 1. The predicted molar refractivity (Wildman–Crippen MR) is 154 cm³/mol. The Bertz CT molecular complexity index is 1510. The molecule has 13 heteroatoms. The maximum absolute atomic E-state index is 13.9. The molecule has 4 N–H and O–H groups in total. The van der Waals surface area contributed by atoms with Gasteiger partial charge in [-0.15, -0.1) is 0 Å². The van der Waals surface area contributed by atoms with Crippen molar-refractivity contribution < 1.29 is 33.5 Å². The summed E-state index contributed by atoms with van der Waals surface area (Å²) >= 11 is 0. The van der Waals surface area contributed by atoms with E-state index in [2.05, 4.69) is 16.0 Å². The number of rotatable bonds is 11. The van der Waals surface area contributed by atoms with Gasteiger partial charge in [-0.05, 0) is 61.3 Å². The number of nitrogens with zero attached hydrogens (tertiary/aromatic N) is 2. The third-order valence-corrected chi connectivity index (χ3v) is 7.04. The summed E-state index contributed by atoms with van der Waals surface area (Å²) in [5.41, 5.74) is 0.342. The van der Waals surface area contributed by atoms with Gasteiger partial charge in [0.05, 0.1) is 29.0 Å². The number of hydrogen-bond acceptors (Lipinski definition) is 8. The Morgan fingerprint density at radius 3 is 2.52 bits per heavy atom. The van der Waals surface area contributed by atoms with E-state index in [-0.39, 0.29) is 40.9 Å². The zero-order valence-electron chi connectivity index (χ0n) is 22.9. The molecule has 2 unspecified atom stereocenters. The van der Waals surface area contributed by atoms with Crippen molar-refractivity contribution in [1.82, 2.24) is 5.32 Å². The summed E-state index contributed by atoms with van der Waals surface area (Å²) in [6, 6.07) is 12.3. The van der Waals surface area contributed by atoms with Crippen molar-refractivity contribution in [2.75, 3.05) is 36.2 Å². The van der Waals surface area contributed by atoms with Crippen LogP contribution in [0.25, 0.3) is 0 Å². The van der Waals surface area contributed by atoms with Gasteiger partial charge in [-0.2, -0.15) is 0 Å². The van der Waals surface area contributed by atoms with Crippen LogP contribution in [0.1, 0.15) is 28.8 Å². The predicted octanol–water partition coefficient (Wildman–Crippen LogP) is 4.45. The highest BCUT2D eigenvalue weighted by atomic mass is 19.1. The van der Waals surface area contributed by atoms with Gasteiger partial charge < -0.3 is 30.7 Å². The van der Waals surface area contributed by atoms with Crippen molar-refractivity contribution in [1.29, 1.82) is 0 Å². The summed E-state index contributed by atoms with van der Waals surface area (Å²) in [7, 11) is 2.98. The molecular formula is C29H30FN5O7. The van der Waals surface area contributed by atoms with Crippen LogP contribution >= 0.6 is 0 Å². The number of Topliss-reactive ketones (excluding diaryl/α,β-unsaturated/α-hetero) is 1. The molecule has 12 nitrogen and oxygen atoms in total. The molecule has 2 amide bonds. The van der Waals surface area contributed by atoms with Crippen molar-refractivity contribution in [3.63, 3.8) is 0 Å². The molecule has 0 saturated carbocycles. The van der Waals surface area contributed by atoms with Gasteiger partial charge in [0, 0.05) is 25.6 Å². The largest absolute Gasteiger partial charge is 0.495 e. The number of aromatic carboxylic acids is 1. The fourth-order valence-electron chi connectivity index (χ4n) is 5.04. The molecule has 1 aliphatic heterocycles. The molecule has 1 aliphatic rings. The van der Waals surface area contributed by atoms with Gasteiger partial charge in [-0.25, -0.2) is 14.0 Å². The SMILES string of the molecule is COc1cc(CC(=O)C(C2CCCN2)N(C)c2ccc(C(=O)O)cc2[N+](=O)[O-])ccc1NC(=O)Nc1ccccc1F. The van der Waals surface area contributed by atoms with Crippen LogP contribution in [0.4, 0.5) is 31.9 Å². The van der Waals surface area contributed by atoms with Gasteiger partial charge in [0.2, 0.25) is 0 Å². The first-order valence-corrected chi connectivity index (χ1v) is 13.1. The molecule has 1 saturated heterocycles. The van der Waals surface area contributed by atoms with Crippen LogP contribution in [0.5, 0.6) is 5.75 Å². The van der Waals surface area contributed by atoms with Crippen LogP contribution in [0, 0.1) is 15.9 Å². The number of halogens is 1. The maximum atomic E-state index is 13.9. The van der Waals surface area contributed by atoms with E-state index >= 15 is 0 Å². The average Bonchev–Trinajstić information content (AvgIpc) is 3.49. The highest BCUT2D eigenvalue weighted by Gasteiger charge is 2.36. The molecule has 42 heavy (non-hydrogen) atoms. The van der Waals surface area contributed by atoms with Crippen molar-refractivity contribution in [3.05, 3.63) is 87.7 Å². The lowest BCUT2D eigenvalue weighted by atomic mass is 9.94. The van der Waals surface area contributed by atoms with E-state index in [9.17, 15) is 34.0 Å². The van der Waals surface area contributed by atoms with Crippen LogP contribution < -0.4 is 25.6 Å². The highest BCUT2D eigenvalue weighted by Crippen LogP contribution is 2.33. The van der Waals surface area contributed by atoms with Gasteiger partial charge >= 0.3 is 12.0 Å². The number of ether oxygens (including phenoxy) is 1. The molecular weight excluding hydrogens is 549 g/mol. The number of hydrogen-bond donors (Lipinski definition) is 4. The normalized spacial score (nSPS) is 15.0. The van der Waals surface area contributed by atoms with Gasteiger partial charge in [0.1, 0.15) is 23.3 Å². The van der Waals surface area contributed by atoms with E-state index in [0.717, 1.165) is 12.5 Å². The Morgan fingerprint density at radius 1 is 1.14 bits per heavy atom. The molecule has 0 bridgehead atoms. The highest BCUT2D eigenvalue weighted by molar-refractivity contribution is 6.01. The standard InChI is InChI=1S/C29H30FN5O7/c1-34(23-12-10-18(28(37)38)16-24(23)35(40)41)27(22-8-5-13-31-22)25(36)14-17-9-11-21(26(15-17)42-2)33-29(39)32-20-7-4-3-6-19(20)30/h3-4,6-7,9-12,15-16,22,27,31H,5,8,13-14H2,1-2H3,(H,37,38)(H2,32,33,39). The number of benzene rings is 3. The summed E-state index contributed by atoms with van der Waals surface area (Å²) in [4.78, 5) is 50.3. The number of nitro benzene ring substituents is 1. The number of carboxylic acids is 1. The number of nitro groups is 1. The topological polar surface area (TPSA) is 163 Å². The van der Waals surface area contributed by atoms with Gasteiger partial charge in [-0.3, -0.25) is 14.9 Å². The van der Waals surface area contributed by atoms with Crippen molar-refractivity contribution in [2.24, 2.45) is 0 Å². The first kappa shape index (κ1) is 29.9. The molecule has 1 heterocycles.